The first kappa shape index (κ1) is 15.1. The Balaban J connectivity index is 1.49. The average molecular weight is 303 g/mol. The summed E-state index contributed by atoms with van der Waals surface area (Å²) in [5.41, 5.74) is 1.60. The number of rotatable bonds is 6. The molecular formula is C16H21N3O3. The summed E-state index contributed by atoms with van der Waals surface area (Å²) in [5.74, 6) is 0.837. The molecule has 0 amide bonds. The first-order valence-electron chi connectivity index (χ1n) is 7.56. The molecule has 0 saturated carbocycles. The van der Waals surface area contributed by atoms with E-state index in [2.05, 4.69) is 22.1 Å². The van der Waals surface area contributed by atoms with Gasteiger partial charge in [-0.1, -0.05) is 11.2 Å². The van der Waals surface area contributed by atoms with Gasteiger partial charge in [-0.05, 0) is 25.6 Å². The smallest absolute Gasteiger partial charge is 0.151 e. The topological polar surface area (TPSA) is 60.6 Å². The van der Waals surface area contributed by atoms with Crippen LogP contribution in [0.15, 0.2) is 35.0 Å². The summed E-state index contributed by atoms with van der Waals surface area (Å²) in [7, 11) is 2.06. The Hall–Kier alpha value is -1.76. The molecule has 0 aliphatic carbocycles. The predicted octanol–water partition coefficient (Wildman–Crippen LogP) is 1.97. The number of hydrogen-bond donors (Lipinski definition) is 0. The number of hydrogen-bond acceptors (Lipinski definition) is 6. The highest BCUT2D eigenvalue weighted by Gasteiger charge is 2.15. The minimum absolute atomic E-state index is 0.204. The highest BCUT2D eigenvalue weighted by molar-refractivity contribution is 5.52. The van der Waals surface area contributed by atoms with Gasteiger partial charge in [-0.3, -0.25) is 9.88 Å². The molecule has 0 bridgehead atoms. The molecule has 0 spiro atoms. The van der Waals surface area contributed by atoms with Gasteiger partial charge in [-0.25, -0.2) is 0 Å². The van der Waals surface area contributed by atoms with Gasteiger partial charge in [0.15, 0.2) is 5.76 Å². The molecule has 2 aromatic rings. The van der Waals surface area contributed by atoms with Gasteiger partial charge in [0, 0.05) is 18.8 Å². The van der Waals surface area contributed by atoms with Crippen LogP contribution in [-0.4, -0.2) is 54.6 Å². The van der Waals surface area contributed by atoms with Gasteiger partial charge in [-0.2, -0.15) is 0 Å². The lowest BCUT2D eigenvalue weighted by Crippen LogP contribution is -2.32. The van der Waals surface area contributed by atoms with Crippen molar-refractivity contribution in [1.82, 2.24) is 15.0 Å². The summed E-state index contributed by atoms with van der Waals surface area (Å²) in [4.78, 5) is 6.47. The Morgan fingerprint density at radius 2 is 2.23 bits per heavy atom. The van der Waals surface area contributed by atoms with Crippen molar-refractivity contribution in [2.45, 2.75) is 19.1 Å². The molecule has 1 aliphatic rings. The maximum Gasteiger partial charge on any atom is 0.151 e. The normalized spacial score (nSPS) is 18.7. The third-order valence-electron chi connectivity index (χ3n) is 3.63. The molecule has 1 atom stereocenters. The van der Waals surface area contributed by atoms with Crippen LogP contribution in [0.3, 0.4) is 0 Å². The van der Waals surface area contributed by atoms with Crippen molar-refractivity contribution < 1.29 is 14.0 Å². The first-order chi connectivity index (χ1) is 10.8. The highest BCUT2D eigenvalue weighted by Crippen LogP contribution is 2.17. The van der Waals surface area contributed by atoms with Crippen molar-refractivity contribution in [3.63, 3.8) is 0 Å². The van der Waals surface area contributed by atoms with Crippen LogP contribution >= 0.6 is 0 Å². The summed E-state index contributed by atoms with van der Waals surface area (Å²) < 4.78 is 16.4. The molecule has 0 N–H and O–H groups in total. The summed E-state index contributed by atoms with van der Waals surface area (Å²) in [5, 5.41) is 4.08. The number of nitrogens with zero attached hydrogens (tertiary/aromatic N) is 3. The number of aromatic nitrogens is 2. The van der Waals surface area contributed by atoms with Crippen molar-refractivity contribution in [2.24, 2.45) is 0 Å². The second-order valence-corrected chi connectivity index (χ2v) is 5.49. The van der Waals surface area contributed by atoms with Crippen LogP contribution in [-0.2, 0) is 16.0 Å². The van der Waals surface area contributed by atoms with Gasteiger partial charge < -0.3 is 14.0 Å². The maximum atomic E-state index is 5.64. The van der Waals surface area contributed by atoms with E-state index in [9.17, 15) is 0 Å². The van der Waals surface area contributed by atoms with E-state index in [0.29, 0.717) is 26.4 Å². The van der Waals surface area contributed by atoms with E-state index in [1.807, 2.05) is 24.3 Å². The van der Waals surface area contributed by atoms with Crippen LogP contribution < -0.4 is 0 Å². The Morgan fingerprint density at radius 1 is 1.27 bits per heavy atom. The lowest BCUT2D eigenvalue weighted by Gasteiger charge is -2.24. The molecule has 0 aromatic carbocycles. The molecular weight excluding hydrogens is 282 g/mol. The van der Waals surface area contributed by atoms with Crippen molar-refractivity contribution in [3.8, 4) is 11.4 Å². The van der Waals surface area contributed by atoms with E-state index >= 15 is 0 Å². The Morgan fingerprint density at radius 3 is 3.00 bits per heavy atom. The highest BCUT2D eigenvalue weighted by atomic mass is 16.6. The maximum absolute atomic E-state index is 5.64. The van der Waals surface area contributed by atoms with Crippen molar-refractivity contribution in [1.29, 1.82) is 0 Å². The molecule has 3 heterocycles. The van der Waals surface area contributed by atoms with E-state index in [0.717, 1.165) is 30.1 Å². The first-order valence-corrected chi connectivity index (χ1v) is 7.56. The molecule has 0 radical (unpaired) electrons. The quantitative estimate of drug-likeness (QED) is 0.813. The Labute approximate surface area is 130 Å². The fraction of sp³-hybridized carbons (Fsp3) is 0.500. The lowest BCUT2D eigenvalue weighted by molar-refractivity contribution is -0.0924. The molecule has 1 unspecified atom stereocenters. The molecule has 6 nitrogen and oxygen atoms in total. The molecule has 118 valence electrons. The molecule has 2 aromatic heterocycles. The number of pyridine rings is 1. The van der Waals surface area contributed by atoms with E-state index in [1.165, 1.54) is 0 Å². The monoisotopic (exact) mass is 303 g/mol. The zero-order valence-electron chi connectivity index (χ0n) is 12.8. The van der Waals surface area contributed by atoms with E-state index < -0.39 is 0 Å². The second kappa shape index (κ2) is 7.49. The molecule has 6 heteroatoms. The van der Waals surface area contributed by atoms with E-state index in [4.69, 9.17) is 14.0 Å². The summed E-state index contributed by atoms with van der Waals surface area (Å²) in [6.45, 7) is 3.74. The largest absolute Gasteiger partial charge is 0.376 e. The minimum atomic E-state index is 0.204. The van der Waals surface area contributed by atoms with Gasteiger partial charge in [0.1, 0.15) is 5.69 Å². The molecule has 22 heavy (non-hydrogen) atoms. The van der Waals surface area contributed by atoms with Crippen LogP contribution in [0.1, 0.15) is 12.2 Å². The molecule has 1 fully saturated rings. The SMILES string of the molecule is CN(CCC1COCCO1)Cc1cc(-c2ccccn2)no1. The van der Waals surface area contributed by atoms with Crippen molar-refractivity contribution in [2.75, 3.05) is 33.4 Å². The van der Waals surface area contributed by atoms with Crippen molar-refractivity contribution in [3.05, 3.63) is 36.2 Å². The van der Waals surface area contributed by atoms with Crippen LogP contribution in [0.2, 0.25) is 0 Å². The molecule has 1 aliphatic heterocycles. The van der Waals surface area contributed by atoms with Gasteiger partial charge in [0.25, 0.3) is 0 Å². The fourth-order valence-electron chi connectivity index (χ4n) is 2.44. The van der Waals surface area contributed by atoms with E-state index in [1.54, 1.807) is 6.20 Å². The van der Waals surface area contributed by atoms with Crippen LogP contribution in [0.5, 0.6) is 0 Å². The van der Waals surface area contributed by atoms with Gasteiger partial charge in [0.05, 0.1) is 38.2 Å². The fourth-order valence-corrected chi connectivity index (χ4v) is 2.44. The Bertz CT molecular complexity index is 567. The van der Waals surface area contributed by atoms with Crippen molar-refractivity contribution >= 4 is 0 Å². The second-order valence-electron chi connectivity index (χ2n) is 5.49. The van der Waals surface area contributed by atoms with Crippen LogP contribution in [0.4, 0.5) is 0 Å². The van der Waals surface area contributed by atoms with Crippen LogP contribution in [0, 0.1) is 0 Å². The average Bonchev–Trinajstić information content (AvgIpc) is 3.03. The lowest BCUT2D eigenvalue weighted by atomic mass is 10.2. The van der Waals surface area contributed by atoms with Crippen LogP contribution in [0.25, 0.3) is 11.4 Å². The minimum Gasteiger partial charge on any atom is -0.376 e. The van der Waals surface area contributed by atoms with Gasteiger partial charge >= 0.3 is 0 Å². The summed E-state index contributed by atoms with van der Waals surface area (Å²) in [6, 6.07) is 7.69. The summed E-state index contributed by atoms with van der Waals surface area (Å²) in [6.07, 6.45) is 2.91. The van der Waals surface area contributed by atoms with Gasteiger partial charge in [0.2, 0.25) is 0 Å². The molecule has 1 saturated heterocycles. The molecule has 3 rings (SSSR count). The van der Waals surface area contributed by atoms with E-state index in [-0.39, 0.29) is 6.10 Å². The Kier molecular flexibility index (Phi) is 5.15. The zero-order chi connectivity index (χ0) is 15.2. The standard InChI is InChI=1S/C16H21N3O3/c1-19(7-5-13-12-20-8-9-21-13)11-14-10-16(18-22-14)15-4-2-3-6-17-15/h2-4,6,10,13H,5,7-9,11-12H2,1H3. The third kappa shape index (κ3) is 4.13. The zero-order valence-corrected chi connectivity index (χ0v) is 12.8. The van der Waals surface area contributed by atoms with Gasteiger partial charge in [-0.15, -0.1) is 0 Å². The third-order valence-corrected chi connectivity index (χ3v) is 3.63. The number of ether oxygens (including phenoxy) is 2. The predicted molar refractivity (Wildman–Crippen MR) is 81.2 cm³/mol. The summed E-state index contributed by atoms with van der Waals surface area (Å²) >= 11 is 0.